The van der Waals surface area contributed by atoms with Crippen LogP contribution in [0.2, 0.25) is 26.6 Å². The molecule has 0 bridgehead atoms. The van der Waals surface area contributed by atoms with E-state index in [-0.39, 0.29) is 0 Å². The minimum atomic E-state index is -2.50. The predicted octanol–water partition coefficient (Wildman–Crippen LogP) is 10.4. The summed E-state index contributed by atoms with van der Waals surface area (Å²) < 4.78 is 13.9. The van der Waals surface area contributed by atoms with E-state index in [2.05, 4.69) is 74.7 Å². The van der Waals surface area contributed by atoms with Gasteiger partial charge in [-0.2, -0.15) is 0 Å². The molecule has 0 nitrogen and oxygen atoms in total. The summed E-state index contributed by atoms with van der Waals surface area (Å²) in [4.78, 5) is 0. The number of rotatable bonds is 20. The fourth-order valence-electron chi connectivity index (χ4n) is 6.34. The first-order chi connectivity index (χ1) is 16.4. The zero-order valence-electron chi connectivity index (χ0n) is 24.9. The molecule has 0 amide bonds. The van der Waals surface area contributed by atoms with E-state index in [9.17, 15) is 0 Å². The van der Waals surface area contributed by atoms with Gasteiger partial charge in [-0.25, -0.2) is 0 Å². The molecule has 34 heavy (non-hydrogen) atoms. The number of benzene rings is 1. The van der Waals surface area contributed by atoms with Gasteiger partial charge in [0.2, 0.25) is 0 Å². The van der Waals surface area contributed by atoms with E-state index < -0.39 is 36.8 Å². The molecule has 0 saturated heterocycles. The first kappa shape index (κ1) is 32.8. The maximum absolute atomic E-state index is 2.84. The van der Waals surface area contributed by atoms with Gasteiger partial charge in [0.05, 0.1) is 0 Å². The molecule has 1 aromatic carbocycles. The van der Waals surface area contributed by atoms with E-state index in [1.165, 1.54) is 77.0 Å². The summed E-state index contributed by atoms with van der Waals surface area (Å²) in [5.41, 5.74) is 3.21. The van der Waals surface area contributed by atoms with Crippen molar-refractivity contribution in [2.75, 3.05) is 0 Å². The maximum atomic E-state index is 2.84. The van der Waals surface area contributed by atoms with Crippen molar-refractivity contribution >= 4 is 43.9 Å². The van der Waals surface area contributed by atoms with E-state index in [0.717, 1.165) is 0 Å². The van der Waals surface area contributed by atoms with Gasteiger partial charge in [-0.1, -0.05) is 0 Å². The normalized spacial score (nSPS) is 12.5. The molecule has 0 heterocycles. The molecule has 0 aromatic heterocycles. The van der Waals surface area contributed by atoms with Gasteiger partial charge in [-0.3, -0.25) is 0 Å². The molecule has 198 valence electrons. The summed E-state index contributed by atoms with van der Waals surface area (Å²) in [5, 5.41) is 0. The molecular weight excluding hydrogens is 622 g/mol. The van der Waals surface area contributed by atoms with Crippen molar-refractivity contribution in [2.45, 2.75) is 159 Å². The summed E-state index contributed by atoms with van der Waals surface area (Å²) in [6, 6.07) is 5.69. The molecule has 0 spiro atoms. The van der Waals surface area contributed by atoms with Gasteiger partial charge >= 0.3 is 226 Å². The zero-order chi connectivity index (χ0) is 25.5. The van der Waals surface area contributed by atoms with Gasteiger partial charge in [-0.05, 0) is 0 Å². The standard InChI is InChI=1S/C8H8.6C4H9.2Sn/c1-7-5-3-4-6-8(7)2;6*1-3-4-2;;/h5-6H,1-2H3;6*1,3-4H2,2H3;;. The van der Waals surface area contributed by atoms with E-state index in [1.807, 2.05) is 0 Å². The fourth-order valence-corrected chi connectivity index (χ4v) is 49.7. The Hall–Kier alpha value is 0.817. The Kier molecular flexibility index (Phi) is 17.5. The van der Waals surface area contributed by atoms with Gasteiger partial charge < -0.3 is 0 Å². The monoisotopic (exact) mass is 686 g/mol. The summed E-state index contributed by atoms with van der Waals surface area (Å²) in [6.45, 7) is 19.5. The van der Waals surface area contributed by atoms with Gasteiger partial charge in [0.15, 0.2) is 0 Å². The Balaban J connectivity index is 3.89. The molecule has 0 aliphatic rings. The zero-order valence-corrected chi connectivity index (χ0v) is 30.6. The fraction of sp³-hybridized carbons (Fsp3) is 0.812. The molecule has 1 rings (SSSR count). The van der Waals surface area contributed by atoms with Crippen LogP contribution in [0.1, 0.15) is 130 Å². The van der Waals surface area contributed by atoms with Crippen LogP contribution in [0.4, 0.5) is 0 Å². The van der Waals surface area contributed by atoms with Crippen molar-refractivity contribution in [3.8, 4) is 0 Å². The third-order valence-electron chi connectivity index (χ3n) is 8.83. The molecule has 0 N–H and O–H groups in total. The molecule has 0 saturated carbocycles. The van der Waals surface area contributed by atoms with Crippen LogP contribution in [0.5, 0.6) is 0 Å². The Morgan fingerprint density at radius 3 is 0.794 bits per heavy atom. The van der Waals surface area contributed by atoms with Gasteiger partial charge in [0.25, 0.3) is 0 Å². The van der Waals surface area contributed by atoms with Crippen LogP contribution in [-0.4, -0.2) is 36.8 Å². The van der Waals surface area contributed by atoms with Crippen LogP contribution in [-0.2, 0) is 0 Å². The third kappa shape index (κ3) is 9.60. The van der Waals surface area contributed by atoms with Crippen molar-refractivity contribution in [3.63, 3.8) is 0 Å². The molecule has 0 aliphatic heterocycles. The predicted molar refractivity (Wildman–Crippen MR) is 165 cm³/mol. The summed E-state index contributed by atoms with van der Waals surface area (Å²) in [7, 11) is 0. The second-order valence-electron chi connectivity index (χ2n) is 11.7. The van der Waals surface area contributed by atoms with Crippen molar-refractivity contribution in [1.29, 1.82) is 0 Å². The van der Waals surface area contributed by atoms with Crippen molar-refractivity contribution in [1.82, 2.24) is 0 Å². The van der Waals surface area contributed by atoms with Crippen LogP contribution >= 0.6 is 0 Å². The number of aryl methyl sites for hydroxylation is 2. The quantitative estimate of drug-likeness (QED) is 0.120. The minimum absolute atomic E-state index is 1.38. The molecule has 0 aliphatic carbocycles. The van der Waals surface area contributed by atoms with Gasteiger partial charge in [0.1, 0.15) is 0 Å². The van der Waals surface area contributed by atoms with Gasteiger partial charge in [-0.15, -0.1) is 0 Å². The van der Waals surface area contributed by atoms with E-state index in [4.69, 9.17) is 0 Å². The molecule has 0 atom stereocenters. The Labute approximate surface area is 224 Å². The van der Waals surface area contributed by atoms with Crippen molar-refractivity contribution in [2.24, 2.45) is 0 Å². The van der Waals surface area contributed by atoms with E-state index in [1.54, 1.807) is 37.7 Å². The second kappa shape index (κ2) is 18.1. The van der Waals surface area contributed by atoms with Crippen LogP contribution < -0.4 is 7.16 Å². The van der Waals surface area contributed by atoms with E-state index in [0.29, 0.717) is 0 Å². The number of hydrogen-bond donors (Lipinski definition) is 0. The van der Waals surface area contributed by atoms with Crippen LogP contribution in [0.3, 0.4) is 0 Å². The van der Waals surface area contributed by atoms with Crippen molar-refractivity contribution in [3.05, 3.63) is 23.3 Å². The number of hydrogen-bond acceptors (Lipinski definition) is 0. The first-order valence-corrected chi connectivity index (χ1v) is 30.5. The van der Waals surface area contributed by atoms with Crippen LogP contribution in [0.25, 0.3) is 0 Å². The van der Waals surface area contributed by atoms with Crippen LogP contribution in [0.15, 0.2) is 12.1 Å². The SMILES string of the molecule is CCC[CH2][Sn]([CH2]CCC)([CH2]CCC)[c]1cc(C)c(C)c[c]1[Sn]([CH2]CCC)([CH2]CCC)[CH2]CCC. The number of unbranched alkanes of at least 4 members (excludes halogenated alkanes) is 6. The molecule has 2 heteroatoms. The molecule has 0 unspecified atom stereocenters. The van der Waals surface area contributed by atoms with Crippen LogP contribution in [0, 0.1) is 13.8 Å². The second-order valence-corrected chi connectivity index (χ2v) is 37.9. The van der Waals surface area contributed by atoms with Crippen molar-refractivity contribution < 1.29 is 0 Å². The summed E-state index contributed by atoms with van der Waals surface area (Å²) >= 11 is -4.99. The Bertz CT molecular complexity index is 563. The summed E-state index contributed by atoms with van der Waals surface area (Å²) in [5.74, 6) is 0. The molecule has 1 aromatic rings. The van der Waals surface area contributed by atoms with Gasteiger partial charge in [0, 0.05) is 0 Å². The molecule has 0 radical (unpaired) electrons. The topological polar surface area (TPSA) is 0 Å². The third-order valence-corrected chi connectivity index (χ3v) is 42.2. The van der Waals surface area contributed by atoms with E-state index >= 15 is 0 Å². The molecule has 0 fully saturated rings. The Morgan fingerprint density at radius 1 is 0.412 bits per heavy atom. The average molecular weight is 684 g/mol. The molecular formula is C32H62Sn2. The average Bonchev–Trinajstić information content (AvgIpc) is 2.85. The first-order valence-electron chi connectivity index (χ1n) is 15.5. The Morgan fingerprint density at radius 2 is 0.618 bits per heavy atom. The summed E-state index contributed by atoms with van der Waals surface area (Å²) in [6.07, 6.45) is 17.2.